The fourth-order valence-corrected chi connectivity index (χ4v) is 3.27. The molecule has 0 aromatic heterocycles. The Bertz CT molecular complexity index is 1010. The maximum absolute atomic E-state index is 12.6. The Morgan fingerprint density at radius 3 is 2.42 bits per heavy atom. The lowest BCUT2D eigenvalue weighted by molar-refractivity contribution is -0.117. The highest BCUT2D eigenvalue weighted by atomic mass is 19.3. The molecule has 0 saturated heterocycles. The van der Waals surface area contributed by atoms with Gasteiger partial charge in [-0.05, 0) is 36.4 Å². The van der Waals surface area contributed by atoms with Gasteiger partial charge in [0.15, 0.2) is 11.5 Å². The van der Waals surface area contributed by atoms with Crippen LogP contribution in [-0.4, -0.2) is 38.1 Å². The van der Waals surface area contributed by atoms with E-state index < -0.39 is 6.61 Å². The summed E-state index contributed by atoms with van der Waals surface area (Å²) in [5, 5.41) is 2.97. The lowest BCUT2D eigenvalue weighted by Crippen LogP contribution is -2.30. The highest BCUT2D eigenvalue weighted by molar-refractivity contribution is 5.96. The number of amides is 1. The average Bonchev–Trinajstić information content (AvgIpc) is 2.75. The number of benzene rings is 3. The Hall–Kier alpha value is -3.45. The molecule has 1 amide bonds. The molecule has 3 rings (SSSR count). The largest absolute Gasteiger partial charge is 0.493 e. The minimum atomic E-state index is -2.93. The first kappa shape index (κ1) is 22.2. The predicted octanol–water partition coefficient (Wildman–Crippen LogP) is 5.03. The number of halogens is 2. The molecule has 1 N–H and O–H groups in total. The monoisotopic (exact) mass is 426 g/mol. The number of likely N-dealkylation sites (N-methyl/N-ethyl adjacent to an activating group) is 1. The van der Waals surface area contributed by atoms with Crippen molar-refractivity contribution < 1.29 is 23.0 Å². The van der Waals surface area contributed by atoms with Crippen molar-refractivity contribution in [3.8, 4) is 22.6 Å². The number of methoxy groups -OCH3 is 1. The predicted molar refractivity (Wildman–Crippen MR) is 116 cm³/mol. The van der Waals surface area contributed by atoms with E-state index in [9.17, 15) is 13.6 Å². The summed E-state index contributed by atoms with van der Waals surface area (Å²) in [6.45, 7) is -2.34. The Kier molecular flexibility index (Phi) is 7.56. The third kappa shape index (κ3) is 6.26. The van der Waals surface area contributed by atoms with Crippen LogP contribution in [0.4, 0.5) is 14.5 Å². The number of hydrogen-bond donors (Lipinski definition) is 1. The number of hydrogen-bond acceptors (Lipinski definition) is 4. The summed E-state index contributed by atoms with van der Waals surface area (Å²) in [6, 6.07) is 22.2. The zero-order chi connectivity index (χ0) is 22.2. The van der Waals surface area contributed by atoms with Gasteiger partial charge in [-0.2, -0.15) is 8.78 Å². The van der Waals surface area contributed by atoms with E-state index in [1.807, 2.05) is 59.5 Å². The van der Waals surface area contributed by atoms with Gasteiger partial charge in [-0.3, -0.25) is 9.69 Å². The zero-order valence-electron chi connectivity index (χ0n) is 17.3. The second-order valence-electron chi connectivity index (χ2n) is 7.00. The van der Waals surface area contributed by atoms with Gasteiger partial charge in [-0.1, -0.05) is 54.6 Å². The minimum absolute atomic E-state index is 0.0286. The Balaban J connectivity index is 1.63. The molecule has 0 aliphatic heterocycles. The van der Waals surface area contributed by atoms with E-state index in [1.165, 1.54) is 13.2 Å². The van der Waals surface area contributed by atoms with Crippen molar-refractivity contribution in [2.24, 2.45) is 0 Å². The molecule has 5 nitrogen and oxygen atoms in total. The van der Waals surface area contributed by atoms with Gasteiger partial charge in [-0.25, -0.2) is 0 Å². The molecular formula is C24H24F2N2O3. The third-order valence-corrected chi connectivity index (χ3v) is 4.60. The smallest absolute Gasteiger partial charge is 0.387 e. The van der Waals surface area contributed by atoms with Crippen molar-refractivity contribution in [2.45, 2.75) is 13.2 Å². The van der Waals surface area contributed by atoms with E-state index in [-0.39, 0.29) is 24.0 Å². The van der Waals surface area contributed by atoms with Crippen molar-refractivity contribution in [1.82, 2.24) is 4.90 Å². The molecule has 31 heavy (non-hydrogen) atoms. The van der Waals surface area contributed by atoms with Gasteiger partial charge in [-0.15, -0.1) is 0 Å². The first-order chi connectivity index (χ1) is 15.0. The van der Waals surface area contributed by atoms with Crippen LogP contribution in [-0.2, 0) is 11.3 Å². The second-order valence-corrected chi connectivity index (χ2v) is 7.00. The first-order valence-electron chi connectivity index (χ1n) is 9.71. The van der Waals surface area contributed by atoms with Crippen LogP contribution in [0.2, 0.25) is 0 Å². The number of ether oxygens (including phenoxy) is 2. The molecule has 0 aliphatic carbocycles. The molecule has 0 unspecified atom stereocenters. The molecule has 0 spiro atoms. The molecule has 0 aliphatic rings. The van der Waals surface area contributed by atoms with Crippen LogP contribution in [0.3, 0.4) is 0 Å². The first-order valence-corrected chi connectivity index (χ1v) is 9.71. The molecule has 3 aromatic rings. The maximum atomic E-state index is 12.6. The lowest BCUT2D eigenvalue weighted by Gasteiger charge is -2.18. The second kappa shape index (κ2) is 10.5. The van der Waals surface area contributed by atoms with Gasteiger partial charge in [0, 0.05) is 17.8 Å². The summed E-state index contributed by atoms with van der Waals surface area (Å²) in [5.74, 6) is 0.0297. The number of carbonyl (C=O) groups is 1. The molecular weight excluding hydrogens is 402 g/mol. The fourth-order valence-electron chi connectivity index (χ4n) is 3.27. The quantitative estimate of drug-likeness (QED) is 0.521. The summed E-state index contributed by atoms with van der Waals surface area (Å²) >= 11 is 0. The van der Waals surface area contributed by atoms with Crippen molar-refractivity contribution in [3.63, 3.8) is 0 Å². The van der Waals surface area contributed by atoms with E-state index in [2.05, 4.69) is 10.1 Å². The summed E-state index contributed by atoms with van der Waals surface area (Å²) < 4.78 is 34.5. The number of anilines is 1. The minimum Gasteiger partial charge on any atom is -0.493 e. The third-order valence-electron chi connectivity index (χ3n) is 4.60. The standard InChI is InChI=1S/C24H24F2N2O3/c1-28(15-17-12-13-21(31-24(25)26)22(14-17)30-2)16-23(29)27-20-11-7-6-10-19(20)18-8-4-3-5-9-18/h3-14,24H,15-16H2,1-2H3,(H,27,29). The van der Waals surface area contributed by atoms with Crippen molar-refractivity contribution >= 4 is 11.6 Å². The molecule has 0 saturated carbocycles. The molecule has 0 radical (unpaired) electrons. The number of nitrogens with zero attached hydrogens (tertiary/aromatic N) is 1. The van der Waals surface area contributed by atoms with Gasteiger partial charge >= 0.3 is 6.61 Å². The SMILES string of the molecule is COc1cc(CN(C)CC(=O)Nc2ccccc2-c2ccccc2)ccc1OC(F)F. The van der Waals surface area contributed by atoms with E-state index in [0.29, 0.717) is 6.54 Å². The van der Waals surface area contributed by atoms with Gasteiger partial charge in [0.25, 0.3) is 0 Å². The molecule has 0 heterocycles. The van der Waals surface area contributed by atoms with Crippen molar-refractivity contribution in [2.75, 3.05) is 26.0 Å². The zero-order valence-corrected chi connectivity index (χ0v) is 17.3. The van der Waals surface area contributed by atoms with Crippen LogP contribution >= 0.6 is 0 Å². The van der Waals surface area contributed by atoms with E-state index >= 15 is 0 Å². The molecule has 0 fully saturated rings. The molecule has 7 heteroatoms. The number of rotatable bonds is 9. The summed E-state index contributed by atoms with van der Waals surface area (Å²) in [4.78, 5) is 14.4. The topological polar surface area (TPSA) is 50.8 Å². The number of alkyl halides is 2. The van der Waals surface area contributed by atoms with Crippen LogP contribution < -0.4 is 14.8 Å². The summed E-state index contributed by atoms with van der Waals surface area (Å²) in [7, 11) is 3.19. The number of carbonyl (C=O) groups excluding carboxylic acids is 1. The highest BCUT2D eigenvalue weighted by Gasteiger charge is 2.14. The van der Waals surface area contributed by atoms with Gasteiger partial charge in [0.1, 0.15) is 0 Å². The van der Waals surface area contributed by atoms with E-state index in [4.69, 9.17) is 4.74 Å². The number of nitrogens with one attached hydrogen (secondary N) is 1. The Labute approximate surface area is 180 Å². The summed E-state index contributed by atoms with van der Waals surface area (Å²) in [6.07, 6.45) is 0. The Morgan fingerprint density at radius 1 is 1.00 bits per heavy atom. The van der Waals surface area contributed by atoms with Crippen molar-refractivity contribution in [3.05, 3.63) is 78.4 Å². The fraction of sp³-hybridized carbons (Fsp3) is 0.208. The maximum Gasteiger partial charge on any atom is 0.387 e. The van der Waals surface area contributed by atoms with Gasteiger partial charge < -0.3 is 14.8 Å². The Morgan fingerprint density at radius 2 is 1.71 bits per heavy atom. The highest BCUT2D eigenvalue weighted by Crippen LogP contribution is 2.30. The van der Waals surface area contributed by atoms with E-state index in [0.717, 1.165) is 22.4 Å². The number of para-hydroxylation sites is 1. The molecule has 162 valence electrons. The van der Waals surface area contributed by atoms with Crippen LogP contribution in [0.15, 0.2) is 72.8 Å². The van der Waals surface area contributed by atoms with Crippen LogP contribution in [0.25, 0.3) is 11.1 Å². The van der Waals surface area contributed by atoms with E-state index in [1.54, 1.807) is 19.2 Å². The molecule has 0 atom stereocenters. The van der Waals surface area contributed by atoms with Gasteiger partial charge in [0.2, 0.25) is 5.91 Å². The lowest BCUT2D eigenvalue weighted by atomic mass is 10.0. The molecule has 0 bridgehead atoms. The van der Waals surface area contributed by atoms with Crippen LogP contribution in [0.5, 0.6) is 11.5 Å². The normalized spacial score (nSPS) is 10.9. The average molecular weight is 426 g/mol. The molecule has 3 aromatic carbocycles. The van der Waals surface area contributed by atoms with Crippen molar-refractivity contribution in [1.29, 1.82) is 0 Å². The van der Waals surface area contributed by atoms with Crippen LogP contribution in [0.1, 0.15) is 5.56 Å². The summed E-state index contributed by atoms with van der Waals surface area (Å²) in [5.41, 5.74) is 3.50. The van der Waals surface area contributed by atoms with Gasteiger partial charge in [0.05, 0.1) is 13.7 Å². The van der Waals surface area contributed by atoms with Crippen LogP contribution in [0, 0.1) is 0 Å².